The largest absolute Gasteiger partial charge is 0.323 e. The van der Waals surface area contributed by atoms with Crippen molar-refractivity contribution in [3.8, 4) is 0 Å². The zero-order valence-electron chi connectivity index (χ0n) is 24.3. The standard InChI is InChI=1S/C30H46O9/c1-15-7-9-21-17(3)23(32-25-29(21)19(15)11-13-27(5,34-25)36-38-29)31-24-18(4)22-10-8-16(2)20-12-14-28(6)35-26(33-24)30(20,22)39-37-28/h15-26H,7-14H2,1-6H3/t15-,16-,17-,18-,19+,20+,21+,22+,23+,24+,25-,26-,27+,28+,29-,30-/m1/s1. The number of hydrogen-bond acceptors (Lipinski definition) is 9. The third-order valence-electron chi connectivity index (χ3n) is 12.5. The van der Waals surface area contributed by atoms with Gasteiger partial charge in [0.15, 0.2) is 36.4 Å². The zero-order valence-corrected chi connectivity index (χ0v) is 24.3. The highest BCUT2D eigenvalue weighted by Crippen LogP contribution is 2.63. The van der Waals surface area contributed by atoms with Crippen molar-refractivity contribution in [1.29, 1.82) is 0 Å². The molecule has 8 saturated heterocycles. The molecule has 8 heterocycles. The second kappa shape index (κ2) is 8.60. The van der Waals surface area contributed by atoms with Gasteiger partial charge in [-0.2, -0.15) is 0 Å². The van der Waals surface area contributed by atoms with Crippen LogP contribution in [0.3, 0.4) is 0 Å². The van der Waals surface area contributed by atoms with E-state index in [1.807, 2.05) is 13.8 Å². The van der Waals surface area contributed by atoms with Crippen LogP contribution in [0.15, 0.2) is 0 Å². The van der Waals surface area contributed by atoms with Gasteiger partial charge in [0, 0.05) is 36.5 Å². The zero-order chi connectivity index (χ0) is 26.9. The lowest BCUT2D eigenvalue weighted by Gasteiger charge is -2.62. The molecule has 9 nitrogen and oxygen atoms in total. The maximum absolute atomic E-state index is 6.85. The lowest BCUT2D eigenvalue weighted by Crippen LogP contribution is -2.72. The third kappa shape index (κ3) is 3.45. The van der Waals surface area contributed by atoms with Gasteiger partial charge in [-0.3, -0.25) is 0 Å². The molecular weight excluding hydrogens is 504 g/mol. The van der Waals surface area contributed by atoms with Gasteiger partial charge in [0.05, 0.1) is 0 Å². The van der Waals surface area contributed by atoms with Gasteiger partial charge in [-0.15, -0.1) is 0 Å². The van der Waals surface area contributed by atoms with E-state index in [1.54, 1.807) is 0 Å². The second-order valence-electron chi connectivity index (χ2n) is 14.7. The van der Waals surface area contributed by atoms with Gasteiger partial charge in [0.2, 0.25) is 11.6 Å². The predicted molar refractivity (Wildman–Crippen MR) is 135 cm³/mol. The van der Waals surface area contributed by atoms with E-state index in [0.717, 1.165) is 51.4 Å². The van der Waals surface area contributed by atoms with Crippen LogP contribution in [0.5, 0.6) is 0 Å². The Kier molecular flexibility index (Phi) is 5.80. The van der Waals surface area contributed by atoms with Crippen molar-refractivity contribution in [3.05, 3.63) is 0 Å². The predicted octanol–water partition coefficient (Wildman–Crippen LogP) is 5.42. The first-order valence-electron chi connectivity index (χ1n) is 15.6. The van der Waals surface area contributed by atoms with E-state index >= 15 is 0 Å². The van der Waals surface area contributed by atoms with Crippen molar-refractivity contribution >= 4 is 0 Å². The number of hydrogen-bond donors (Lipinski definition) is 0. The molecule has 0 radical (unpaired) electrons. The van der Waals surface area contributed by atoms with Crippen LogP contribution in [0.2, 0.25) is 0 Å². The van der Waals surface area contributed by atoms with E-state index in [9.17, 15) is 0 Å². The van der Waals surface area contributed by atoms with Gasteiger partial charge in [-0.25, -0.2) is 19.6 Å². The Morgan fingerprint density at radius 3 is 1.41 bits per heavy atom. The van der Waals surface area contributed by atoms with Crippen LogP contribution in [0.25, 0.3) is 0 Å². The molecule has 0 amide bonds. The topological polar surface area (TPSA) is 83.1 Å². The van der Waals surface area contributed by atoms with E-state index in [1.165, 1.54) is 0 Å². The van der Waals surface area contributed by atoms with Crippen molar-refractivity contribution in [2.45, 2.75) is 141 Å². The Labute approximate surface area is 231 Å². The maximum atomic E-state index is 6.85. The van der Waals surface area contributed by atoms with Crippen molar-refractivity contribution in [2.75, 3.05) is 0 Å². The molecule has 2 spiro atoms. The fourth-order valence-corrected chi connectivity index (χ4v) is 10.2. The van der Waals surface area contributed by atoms with Gasteiger partial charge in [-0.05, 0) is 76.0 Å². The first-order valence-corrected chi connectivity index (χ1v) is 15.6. The van der Waals surface area contributed by atoms with Gasteiger partial charge < -0.3 is 23.7 Å². The summed E-state index contributed by atoms with van der Waals surface area (Å²) < 4.78 is 33.4. The fraction of sp³-hybridized carbons (Fsp3) is 1.00. The molecule has 39 heavy (non-hydrogen) atoms. The summed E-state index contributed by atoms with van der Waals surface area (Å²) in [6.45, 7) is 13.0. The number of ether oxygens (including phenoxy) is 5. The molecule has 0 aromatic rings. The van der Waals surface area contributed by atoms with Crippen LogP contribution in [0.4, 0.5) is 0 Å². The molecule has 2 aliphatic carbocycles. The summed E-state index contributed by atoms with van der Waals surface area (Å²) in [7, 11) is 0. The molecule has 0 aromatic carbocycles. The molecule has 10 fully saturated rings. The van der Waals surface area contributed by atoms with Crippen molar-refractivity contribution in [2.24, 2.45) is 47.3 Å². The van der Waals surface area contributed by atoms with E-state index in [0.29, 0.717) is 23.7 Å². The third-order valence-corrected chi connectivity index (χ3v) is 12.5. The molecule has 220 valence electrons. The van der Waals surface area contributed by atoms with E-state index in [2.05, 4.69) is 27.7 Å². The average molecular weight is 551 g/mol. The summed E-state index contributed by atoms with van der Waals surface area (Å²) in [4.78, 5) is 24.6. The second-order valence-corrected chi connectivity index (χ2v) is 14.7. The van der Waals surface area contributed by atoms with Gasteiger partial charge in [-0.1, -0.05) is 27.7 Å². The molecular formula is C30H46O9. The SMILES string of the molecule is C[C@H]1[C@@H](O[C@H]2O[C@@H]3O[C@]4(C)CC[C@H]5[C@H](C)CC[C@@H]([C@H]2C)[C@@]35OO4)O[C@@H]2O[C@]3(C)CC[C@H]4[C@H](C)CC[C@@H]1[C@@]24OO3. The van der Waals surface area contributed by atoms with E-state index < -0.39 is 47.9 Å². The normalized spacial score (nSPS) is 63.5. The van der Waals surface area contributed by atoms with Crippen molar-refractivity contribution < 1.29 is 43.2 Å². The fourth-order valence-electron chi connectivity index (χ4n) is 10.2. The Bertz CT molecular complexity index is 919. The summed E-state index contributed by atoms with van der Waals surface area (Å²) in [5, 5.41) is 0. The molecule has 9 heteroatoms. The van der Waals surface area contributed by atoms with Crippen LogP contribution >= 0.6 is 0 Å². The minimum absolute atomic E-state index is 0.0836. The van der Waals surface area contributed by atoms with Gasteiger partial charge in [0.1, 0.15) is 0 Å². The van der Waals surface area contributed by atoms with Crippen LogP contribution in [-0.4, -0.2) is 47.9 Å². The Morgan fingerprint density at radius 2 is 0.974 bits per heavy atom. The summed E-state index contributed by atoms with van der Waals surface area (Å²) in [5.41, 5.74) is -1.21. The summed E-state index contributed by atoms with van der Waals surface area (Å²) >= 11 is 0. The molecule has 0 aromatic heterocycles. The average Bonchev–Trinajstić information content (AvgIpc) is 3.27. The van der Waals surface area contributed by atoms with E-state index in [4.69, 9.17) is 43.2 Å². The quantitative estimate of drug-likeness (QED) is 0.419. The van der Waals surface area contributed by atoms with Gasteiger partial charge in [0.25, 0.3) is 0 Å². The van der Waals surface area contributed by atoms with Crippen molar-refractivity contribution in [1.82, 2.24) is 0 Å². The molecule has 4 bridgehead atoms. The minimum Gasteiger partial charge on any atom is -0.323 e. The monoisotopic (exact) mass is 550 g/mol. The lowest BCUT2D eigenvalue weighted by atomic mass is 9.58. The van der Waals surface area contributed by atoms with Crippen LogP contribution < -0.4 is 0 Å². The Balaban J connectivity index is 1.09. The van der Waals surface area contributed by atoms with Crippen LogP contribution in [0, 0.1) is 47.3 Å². The lowest BCUT2D eigenvalue weighted by molar-refractivity contribution is -0.590. The number of rotatable bonds is 2. The molecule has 16 atom stereocenters. The van der Waals surface area contributed by atoms with E-state index in [-0.39, 0.29) is 23.7 Å². The molecule has 2 saturated carbocycles. The highest BCUT2D eigenvalue weighted by molar-refractivity contribution is 5.11. The Hall–Kier alpha value is -0.360. The number of fused-ring (bicyclic) bond motifs is 4. The first kappa shape index (κ1) is 26.3. The highest BCUT2D eigenvalue weighted by atomic mass is 17.3. The smallest absolute Gasteiger partial charge is 0.201 e. The molecule has 0 unspecified atom stereocenters. The molecule has 10 aliphatic rings. The van der Waals surface area contributed by atoms with Crippen LogP contribution in [0.1, 0.15) is 92.9 Å². The minimum atomic E-state index is -0.808. The molecule has 10 rings (SSSR count). The summed E-state index contributed by atoms with van der Waals surface area (Å²) in [6.07, 6.45) is 5.95. The van der Waals surface area contributed by atoms with Crippen molar-refractivity contribution in [3.63, 3.8) is 0 Å². The molecule has 0 N–H and O–H groups in total. The molecule has 8 aliphatic heterocycles. The van der Waals surface area contributed by atoms with Crippen LogP contribution in [-0.2, 0) is 43.2 Å². The van der Waals surface area contributed by atoms with Gasteiger partial charge >= 0.3 is 0 Å². The Morgan fingerprint density at radius 1 is 0.538 bits per heavy atom. The highest BCUT2D eigenvalue weighted by Gasteiger charge is 2.72. The summed E-state index contributed by atoms with van der Waals surface area (Å²) in [6, 6.07) is 0. The maximum Gasteiger partial charge on any atom is 0.201 e. The first-order chi connectivity index (χ1) is 18.6. The summed E-state index contributed by atoms with van der Waals surface area (Å²) in [5.74, 6) is 0.661.